The van der Waals surface area contributed by atoms with E-state index in [2.05, 4.69) is 26.0 Å². The van der Waals surface area contributed by atoms with Gasteiger partial charge in [0.25, 0.3) is 0 Å². The summed E-state index contributed by atoms with van der Waals surface area (Å²) in [6.07, 6.45) is 0. The predicted molar refractivity (Wildman–Crippen MR) is 62.4 cm³/mol. The molecule has 0 saturated carbocycles. The summed E-state index contributed by atoms with van der Waals surface area (Å²) in [5.41, 5.74) is 9.39. The third-order valence-corrected chi connectivity index (χ3v) is 2.67. The molecule has 0 atom stereocenters. The Labute approximate surface area is 100.0 Å². The molecule has 0 radical (unpaired) electrons. The molecule has 78 valence electrons. The van der Waals surface area contributed by atoms with Gasteiger partial charge in [-0.05, 0) is 29.3 Å². The standard InChI is InChI=1S/C9H7BrClN3O/c10-4-9(15)6-1-2-8(11)7(3-6)5-13-14-12/h1-3H,4-5H2. The van der Waals surface area contributed by atoms with Gasteiger partial charge in [-0.15, -0.1) is 0 Å². The minimum absolute atomic E-state index is 0.0335. The number of hydrogen-bond acceptors (Lipinski definition) is 2. The maximum atomic E-state index is 11.4. The number of alkyl halides is 1. The van der Waals surface area contributed by atoms with Crippen molar-refractivity contribution in [2.75, 3.05) is 5.33 Å². The predicted octanol–water partition coefficient (Wildman–Crippen LogP) is 3.73. The van der Waals surface area contributed by atoms with E-state index in [9.17, 15) is 4.79 Å². The molecule has 0 aliphatic rings. The van der Waals surface area contributed by atoms with Crippen molar-refractivity contribution in [3.63, 3.8) is 0 Å². The number of hydrogen-bond donors (Lipinski definition) is 0. The fourth-order valence-electron chi connectivity index (χ4n) is 1.05. The first kappa shape index (κ1) is 12.0. The third kappa shape index (κ3) is 3.23. The van der Waals surface area contributed by atoms with Crippen LogP contribution in [0.15, 0.2) is 23.3 Å². The Morgan fingerprint density at radius 1 is 1.60 bits per heavy atom. The number of halogens is 2. The van der Waals surface area contributed by atoms with Crippen LogP contribution in [-0.2, 0) is 6.54 Å². The van der Waals surface area contributed by atoms with Crippen LogP contribution >= 0.6 is 27.5 Å². The fraction of sp³-hybridized carbons (Fsp3) is 0.222. The van der Waals surface area contributed by atoms with Crippen LogP contribution in [0.4, 0.5) is 0 Å². The zero-order valence-electron chi connectivity index (χ0n) is 7.65. The summed E-state index contributed by atoms with van der Waals surface area (Å²) in [5.74, 6) is -0.0335. The second-order valence-electron chi connectivity index (χ2n) is 2.75. The van der Waals surface area contributed by atoms with Gasteiger partial charge in [-0.3, -0.25) is 4.79 Å². The zero-order chi connectivity index (χ0) is 11.3. The molecule has 0 N–H and O–H groups in total. The Hall–Kier alpha value is -1.03. The molecular formula is C9H7BrClN3O. The normalized spacial score (nSPS) is 9.47. The smallest absolute Gasteiger partial charge is 0.173 e. The van der Waals surface area contributed by atoms with E-state index in [0.717, 1.165) is 0 Å². The third-order valence-electron chi connectivity index (χ3n) is 1.79. The van der Waals surface area contributed by atoms with Crippen molar-refractivity contribution < 1.29 is 4.79 Å². The van der Waals surface area contributed by atoms with Gasteiger partial charge in [-0.25, -0.2) is 0 Å². The summed E-state index contributed by atoms with van der Waals surface area (Å²) in [4.78, 5) is 14.0. The van der Waals surface area contributed by atoms with Gasteiger partial charge in [-0.1, -0.05) is 32.6 Å². The lowest BCUT2D eigenvalue weighted by molar-refractivity contribution is 0.102. The number of azide groups is 1. The van der Waals surface area contributed by atoms with Crippen molar-refractivity contribution in [1.82, 2.24) is 0 Å². The lowest BCUT2D eigenvalue weighted by atomic mass is 10.1. The molecule has 0 fully saturated rings. The van der Waals surface area contributed by atoms with Crippen LogP contribution in [0.2, 0.25) is 5.02 Å². The van der Waals surface area contributed by atoms with Gasteiger partial charge in [0.2, 0.25) is 0 Å². The van der Waals surface area contributed by atoms with E-state index in [1.165, 1.54) is 0 Å². The summed E-state index contributed by atoms with van der Waals surface area (Å²) in [6, 6.07) is 4.91. The largest absolute Gasteiger partial charge is 0.293 e. The van der Waals surface area contributed by atoms with Crippen molar-refractivity contribution in [1.29, 1.82) is 0 Å². The van der Waals surface area contributed by atoms with Gasteiger partial charge in [0.1, 0.15) is 0 Å². The maximum absolute atomic E-state index is 11.4. The van der Waals surface area contributed by atoms with Crippen LogP contribution in [0.5, 0.6) is 0 Å². The number of nitrogens with zero attached hydrogens (tertiary/aromatic N) is 3. The van der Waals surface area contributed by atoms with Crippen LogP contribution in [-0.4, -0.2) is 11.1 Å². The van der Waals surface area contributed by atoms with Gasteiger partial charge >= 0.3 is 0 Å². The monoisotopic (exact) mass is 287 g/mol. The Morgan fingerprint density at radius 2 is 2.33 bits per heavy atom. The topological polar surface area (TPSA) is 65.8 Å². The molecule has 0 spiro atoms. The van der Waals surface area contributed by atoms with Crippen LogP contribution < -0.4 is 0 Å². The van der Waals surface area contributed by atoms with Gasteiger partial charge in [-0.2, -0.15) is 0 Å². The van der Waals surface area contributed by atoms with E-state index >= 15 is 0 Å². The zero-order valence-corrected chi connectivity index (χ0v) is 9.99. The van der Waals surface area contributed by atoms with E-state index in [1.807, 2.05) is 0 Å². The molecule has 15 heavy (non-hydrogen) atoms. The van der Waals surface area contributed by atoms with Gasteiger partial charge in [0.05, 0.1) is 11.9 Å². The summed E-state index contributed by atoms with van der Waals surface area (Å²) < 4.78 is 0. The number of carbonyl (C=O) groups is 1. The first-order chi connectivity index (χ1) is 7.19. The number of carbonyl (C=O) groups excluding carboxylic acids is 1. The molecule has 0 bridgehead atoms. The molecule has 0 saturated heterocycles. The second-order valence-corrected chi connectivity index (χ2v) is 3.72. The Morgan fingerprint density at radius 3 is 2.93 bits per heavy atom. The number of Topliss-reactive ketones (excluding diaryl/α,β-unsaturated/α-hetero) is 1. The average Bonchev–Trinajstić information content (AvgIpc) is 2.27. The van der Waals surface area contributed by atoms with Gasteiger partial charge in [0.15, 0.2) is 5.78 Å². The van der Waals surface area contributed by atoms with E-state index in [1.54, 1.807) is 18.2 Å². The number of rotatable bonds is 4. The lowest BCUT2D eigenvalue weighted by Gasteiger charge is -2.03. The van der Waals surface area contributed by atoms with Gasteiger partial charge in [0, 0.05) is 15.5 Å². The summed E-state index contributed by atoms with van der Waals surface area (Å²) in [6.45, 7) is 0.152. The van der Waals surface area contributed by atoms with E-state index in [4.69, 9.17) is 17.1 Å². The molecule has 6 heteroatoms. The minimum atomic E-state index is -0.0335. The maximum Gasteiger partial charge on any atom is 0.173 e. The van der Waals surface area contributed by atoms with Crippen LogP contribution in [0.1, 0.15) is 15.9 Å². The van der Waals surface area contributed by atoms with E-state index in [-0.39, 0.29) is 17.7 Å². The molecule has 0 amide bonds. The van der Waals surface area contributed by atoms with Crippen molar-refractivity contribution in [3.05, 3.63) is 44.8 Å². The van der Waals surface area contributed by atoms with Crippen molar-refractivity contribution in [2.45, 2.75) is 6.54 Å². The molecule has 0 aromatic heterocycles. The molecular weight excluding hydrogens is 281 g/mol. The van der Waals surface area contributed by atoms with E-state index < -0.39 is 0 Å². The van der Waals surface area contributed by atoms with E-state index in [0.29, 0.717) is 16.1 Å². The van der Waals surface area contributed by atoms with Crippen LogP contribution in [0.25, 0.3) is 10.4 Å². The van der Waals surface area contributed by atoms with Crippen LogP contribution in [0, 0.1) is 0 Å². The molecule has 0 aliphatic heterocycles. The summed E-state index contributed by atoms with van der Waals surface area (Å²) >= 11 is 8.96. The fourth-order valence-corrected chi connectivity index (χ4v) is 1.56. The molecule has 0 unspecified atom stereocenters. The SMILES string of the molecule is [N-]=[N+]=NCc1cc(C(=O)CBr)ccc1Cl. The molecule has 1 rings (SSSR count). The molecule has 1 aromatic carbocycles. The molecule has 4 nitrogen and oxygen atoms in total. The first-order valence-corrected chi connectivity index (χ1v) is 5.57. The van der Waals surface area contributed by atoms with Crippen LogP contribution in [0.3, 0.4) is 0 Å². The lowest BCUT2D eigenvalue weighted by Crippen LogP contribution is -2.00. The van der Waals surface area contributed by atoms with Crippen molar-refractivity contribution in [2.24, 2.45) is 5.11 Å². The number of ketones is 1. The molecule has 0 heterocycles. The highest BCUT2D eigenvalue weighted by atomic mass is 79.9. The highest BCUT2D eigenvalue weighted by molar-refractivity contribution is 9.09. The minimum Gasteiger partial charge on any atom is -0.293 e. The molecule has 1 aromatic rings. The quantitative estimate of drug-likeness (QED) is 0.274. The van der Waals surface area contributed by atoms with Crippen molar-refractivity contribution >= 4 is 33.3 Å². The highest BCUT2D eigenvalue weighted by Crippen LogP contribution is 2.19. The summed E-state index contributed by atoms with van der Waals surface area (Å²) in [5, 5.41) is 4.16. The van der Waals surface area contributed by atoms with Gasteiger partial charge < -0.3 is 0 Å². The van der Waals surface area contributed by atoms with Crippen molar-refractivity contribution in [3.8, 4) is 0 Å². The average molecular weight is 289 g/mol. The Balaban J connectivity index is 3.04. The first-order valence-electron chi connectivity index (χ1n) is 4.07. The second kappa shape index (κ2) is 5.75. The Kier molecular flexibility index (Phi) is 4.62. The Bertz CT molecular complexity index is 429. The summed E-state index contributed by atoms with van der Waals surface area (Å²) in [7, 11) is 0. The highest BCUT2D eigenvalue weighted by Gasteiger charge is 2.06. The number of benzene rings is 1. The molecule has 0 aliphatic carbocycles.